The van der Waals surface area contributed by atoms with Crippen LogP contribution in [0.2, 0.25) is 0 Å². The molecule has 0 fully saturated rings. The first-order valence-corrected chi connectivity index (χ1v) is 4.20. The van der Waals surface area contributed by atoms with Gasteiger partial charge in [-0.05, 0) is 12.0 Å². The van der Waals surface area contributed by atoms with Crippen molar-refractivity contribution in [2.45, 2.75) is 12.8 Å². The minimum absolute atomic E-state index is 0.124. The summed E-state index contributed by atoms with van der Waals surface area (Å²) in [6.07, 6.45) is 11.6. The fourth-order valence-corrected chi connectivity index (χ4v) is 1.54. The highest BCUT2D eigenvalue weighted by Gasteiger charge is 2.16. The molecule has 0 spiro atoms. The topological polar surface area (TPSA) is 29.1 Å². The number of nitrogens with one attached hydrogen (secondary N) is 1. The standard InChI is InChI=1S/C10H11NO/c12-10-6-5-8-3-1-2-4-9(8)7-11-10/h1-4,7-8H,5-6H2,(H,11,12). The lowest BCUT2D eigenvalue weighted by Gasteiger charge is -2.12. The second-order valence-corrected chi connectivity index (χ2v) is 3.10. The van der Waals surface area contributed by atoms with E-state index in [0.717, 1.165) is 6.42 Å². The van der Waals surface area contributed by atoms with Gasteiger partial charge in [-0.1, -0.05) is 24.3 Å². The Labute approximate surface area is 71.7 Å². The van der Waals surface area contributed by atoms with Crippen molar-refractivity contribution >= 4 is 5.91 Å². The molecule has 0 bridgehead atoms. The van der Waals surface area contributed by atoms with Crippen LogP contribution in [0.3, 0.4) is 0 Å². The van der Waals surface area contributed by atoms with Crippen LogP contribution in [-0.4, -0.2) is 5.91 Å². The fraction of sp³-hybridized carbons (Fsp3) is 0.300. The van der Waals surface area contributed by atoms with Crippen LogP contribution in [0, 0.1) is 5.92 Å². The summed E-state index contributed by atoms with van der Waals surface area (Å²) in [5.41, 5.74) is 1.21. The van der Waals surface area contributed by atoms with E-state index in [2.05, 4.69) is 17.5 Å². The largest absolute Gasteiger partial charge is 0.332 e. The van der Waals surface area contributed by atoms with Gasteiger partial charge in [0.25, 0.3) is 0 Å². The summed E-state index contributed by atoms with van der Waals surface area (Å²) in [5.74, 6) is 0.563. The van der Waals surface area contributed by atoms with Crippen LogP contribution in [0.25, 0.3) is 0 Å². The molecule has 1 heterocycles. The summed E-state index contributed by atoms with van der Waals surface area (Å²) in [5, 5.41) is 2.76. The van der Waals surface area contributed by atoms with Crippen molar-refractivity contribution in [3.05, 3.63) is 36.1 Å². The quantitative estimate of drug-likeness (QED) is 0.573. The molecule has 0 saturated carbocycles. The van der Waals surface area contributed by atoms with E-state index in [0.29, 0.717) is 12.3 Å². The van der Waals surface area contributed by atoms with Crippen LogP contribution in [0.4, 0.5) is 0 Å². The van der Waals surface area contributed by atoms with E-state index >= 15 is 0 Å². The Kier molecular flexibility index (Phi) is 1.82. The number of hydrogen-bond donors (Lipinski definition) is 1. The van der Waals surface area contributed by atoms with Gasteiger partial charge in [-0.3, -0.25) is 4.79 Å². The van der Waals surface area contributed by atoms with Crippen molar-refractivity contribution in [1.82, 2.24) is 5.32 Å². The summed E-state index contributed by atoms with van der Waals surface area (Å²) < 4.78 is 0. The number of carbonyl (C=O) groups excluding carboxylic acids is 1. The Balaban J connectivity index is 2.24. The SMILES string of the molecule is O=C1CCC2C=CC=CC2=CN1. The highest BCUT2D eigenvalue weighted by atomic mass is 16.1. The van der Waals surface area contributed by atoms with Gasteiger partial charge in [0.2, 0.25) is 5.91 Å². The van der Waals surface area contributed by atoms with Crippen LogP contribution in [0.5, 0.6) is 0 Å². The van der Waals surface area contributed by atoms with E-state index in [1.54, 1.807) is 0 Å². The third-order valence-electron chi connectivity index (χ3n) is 2.25. The number of fused-ring (bicyclic) bond motifs is 1. The molecule has 1 unspecified atom stereocenters. The van der Waals surface area contributed by atoms with Gasteiger partial charge < -0.3 is 5.32 Å². The van der Waals surface area contributed by atoms with Gasteiger partial charge in [-0.2, -0.15) is 0 Å². The van der Waals surface area contributed by atoms with E-state index in [9.17, 15) is 4.79 Å². The molecule has 1 N–H and O–H groups in total. The molecule has 2 aliphatic rings. The van der Waals surface area contributed by atoms with Gasteiger partial charge in [0, 0.05) is 18.5 Å². The minimum Gasteiger partial charge on any atom is -0.332 e. The van der Waals surface area contributed by atoms with E-state index < -0.39 is 0 Å². The smallest absolute Gasteiger partial charge is 0.223 e. The summed E-state index contributed by atoms with van der Waals surface area (Å²) >= 11 is 0. The molecule has 0 aromatic rings. The van der Waals surface area contributed by atoms with Crippen LogP contribution >= 0.6 is 0 Å². The highest BCUT2D eigenvalue weighted by Crippen LogP contribution is 2.24. The number of amides is 1. The number of allylic oxidation sites excluding steroid dienone is 5. The molecule has 2 nitrogen and oxygen atoms in total. The molecule has 0 radical (unpaired) electrons. The molecule has 1 aliphatic carbocycles. The van der Waals surface area contributed by atoms with Gasteiger partial charge in [0.05, 0.1) is 0 Å². The highest BCUT2D eigenvalue weighted by molar-refractivity contribution is 5.77. The van der Waals surface area contributed by atoms with Gasteiger partial charge in [-0.25, -0.2) is 0 Å². The zero-order valence-corrected chi connectivity index (χ0v) is 6.79. The van der Waals surface area contributed by atoms with Crippen LogP contribution in [-0.2, 0) is 4.79 Å². The molecular weight excluding hydrogens is 150 g/mol. The number of rotatable bonds is 0. The molecule has 0 saturated heterocycles. The predicted molar refractivity (Wildman–Crippen MR) is 47.2 cm³/mol. The molecule has 2 heteroatoms. The van der Waals surface area contributed by atoms with Gasteiger partial charge >= 0.3 is 0 Å². The molecule has 62 valence electrons. The summed E-state index contributed by atoms with van der Waals surface area (Å²) in [6, 6.07) is 0. The van der Waals surface area contributed by atoms with Crippen molar-refractivity contribution in [3.8, 4) is 0 Å². The minimum atomic E-state index is 0.124. The first-order chi connectivity index (χ1) is 5.86. The maximum absolute atomic E-state index is 11.0. The van der Waals surface area contributed by atoms with Gasteiger partial charge in [-0.15, -0.1) is 0 Å². The summed E-state index contributed by atoms with van der Waals surface area (Å²) in [6.45, 7) is 0. The van der Waals surface area contributed by atoms with Crippen molar-refractivity contribution in [1.29, 1.82) is 0 Å². The summed E-state index contributed by atoms with van der Waals surface area (Å²) in [7, 11) is 0. The van der Waals surface area contributed by atoms with Gasteiger partial charge in [0.1, 0.15) is 0 Å². The first kappa shape index (κ1) is 7.35. The average Bonchev–Trinajstić information content (AvgIpc) is 2.29. The second kappa shape index (κ2) is 2.97. The first-order valence-electron chi connectivity index (χ1n) is 4.20. The molecule has 0 aromatic carbocycles. The molecule has 12 heavy (non-hydrogen) atoms. The van der Waals surface area contributed by atoms with Gasteiger partial charge in [0.15, 0.2) is 0 Å². The van der Waals surface area contributed by atoms with Crippen molar-refractivity contribution in [2.75, 3.05) is 0 Å². The van der Waals surface area contributed by atoms with Crippen LogP contribution in [0.1, 0.15) is 12.8 Å². The Hall–Kier alpha value is -1.31. The zero-order valence-electron chi connectivity index (χ0n) is 6.79. The molecule has 1 atom stereocenters. The average molecular weight is 161 g/mol. The molecule has 1 amide bonds. The zero-order chi connectivity index (χ0) is 8.39. The van der Waals surface area contributed by atoms with E-state index in [1.165, 1.54) is 5.57 Å². The van der Waals surface area contributed by atoms with Crippen LogP contribution in [0.15, 0.2) is 36.1 Å². The predicted octanol–water partition coefficient (Wildman–Crippen LogP) is 1.52. The van der Waals surface area contributed by atoms with E-state index in [4.69, 9.17) is 0 Å². The number of carbonyl (C=O) groups is 1. The third kappa shape index (κ3) is 1.33. The fourth-order valence-electron chi connectivity index (χ4n) is 1.54. The Morgan fingerprint density at radius 3 is 3.25 bits per heavy atom. The lowest BCUT2D eigenvalue weighted by atomic mass is 9.92. The number of hydrogen-bond acceptors (Lipinski definition) is 1. The Bertz CT molecular complexity index is 286. The lowest BCUT2D eigenvalue weighted by molar-refractivity contribution is -0.120. The third-order valence-corrected chi connectivity index (χ3v) is 2.25. The van der Waals surface area contributed by atoms with E-state index in [-0.39, 0.29) is 5.91 Å². The normalized spacial score (nSPS) is 27.2. The maximum atomic E-state index is 11.0. The van der Waals surface area contributed by atoms with Crippen LogP contribution < -0.4 is 5.32 Å². The monoisotopic (exact) mass is 161 g/mol. The Morgan fingerprint density at radius 1 is 1.42 bits per heavy atom. The second-order valence-electron chi connectivity index (χ2n) is 3.10. The molecular formula is C10H11NO. The molecule has 1 aliphatic heterocycles. The van der Waals surface area contributed by atoms with Crippen molar-refractivity contribution < 1.29 is 4.79 Å². The maximum Gasteiger partial charge on any atom is 0.223 e. The summed E-state index contributed by atoms with van der Waals surface area (Å²) in [4.78, 5) is 11.0. The van der Waals surface area contributed by atoms with Crippen molar-refractivity contribution in [2.24, 2.45) is 5.92 Å². The molecule has 0 aromatic heterocycles. The van der Waals surface area contributed by atoms with E-state index in [1.807, 2.05) is 18.4 Å². The lowest BCUT2D eigenvalue weighted by Crippen LogP contribution is -2.14. The van der Waals surface area contributed by atoms with Crippen molar-refractivity contribution in [3.63, 3.8) is 0 Å². The Morgan fingerprint density at radius 2 is 2.33 bits per heavy atom. The molecule has 2 rings (SSSR count).